The second kappa shape index (κ2) is 7.64. The van der Waals surface area contributed by atoms with Crippen molar-refractivity contribution in [2.75, 3.05) is 13.1 Å². The summed E-state index contributed by atoms with van der Waals surface area (Å²) in [6, 6.07) is 2.42. The van der Waals surface area contributed by atoms with Gasteiger partial charge in [-0.3, -0.25) is 4.90 Å². The number of piperidine rings is 1. The molecule has 0 aromatic carbocycles. The molecular weight excluding hydrogens is 232 g/mol. The summed E-state index contributed by atoms with van der Waals surface area (Å²) in [5, 5.41) is 3.84. The second-order valence-corrected chi connectivity index (χ2v) is 6.84. The zero-order valence-electron chi connectivity index (χ0n) is 13.3. The summed E-state index contributed by atoms with van der Waals surface area (Å²) in [4.78, 5) is 2.88. The number of nitrogens with zero attached hydrogens (tertiary/aromatic N) is 1. The summed E-state index contributed by atoms with van der Waals surface area (Å²) >= 11 is 0. The minimum Gasteiger partial charge on any atom is -0.312 e. The molecule has 2 fully saturated rings. The summed E-state index contributed by atoms with van der Waals surface area (Å²) in [5.41, 5.74) is 0. The van der Waals surface area contributed by atoms with Crippen molar-refractivity contribution in [3.63, 3.8) is 0 Å². The van der Waals surface area contributed by atoms with Gasteiger partial charge in [-0.25, -0.2) is 0 Å². The maximum absolute atomic E-state index is 3.84. The van der Waals surface area contributed by atoms with Crippen molar-refractivity contribution in [2.45, 2.75) is 90.3 Å². The lowest BCUT2D eigenvalue weighted by Crippen LogP contribution is -2.57. The van der Waals surface area contributed by atoms with Gasteiger partial charge in [0.25, 0.3) is 0 Å². The molecule has 1 aliphatic carbocycles. The molecule has 1 aliphatic heterocycles. The summed E-state index contributed by atoms with van der Waals surface area (Å²) in [7, 11) is 0. The van der Waals surface area contributed by atoms with Crippen LogP contribution in [-0.2, 0) is 0 Å². The summed E-state index contributed by atoms with van der Waals surface area (Å²) in [5.74, 6) is 0.920. The van der Waals surface area contributed by atoms with Gasteiger partial charge in [-0.1, -0.05) is 27.2 Å². The van der Waals surface area contributed by atoms with E-state index in [0.717, 1.165) is 24.0 Å². The molecule has 0 radical (unpaired) electrons. The first-order chi connectivity index (χ1) is 9.26. The van der Waals surface area contributed by atoms with Crippen molar-refractivity contribution in [1.82, 2.24) is 10.2 Å². The topological polar surface area (TPSA) is 15.3 Å². The van der Waals surface area contributed by atoms with Crippen LogP contribution in [0.2, 0.25) is 0 Å². The molecule has 0 amide bonds. The Labute approximate surface area is 120 Å². The number of hydrogen-bond donors (Lipinski definition) is 1. The minimum atomic E-state index is 0.753. The van der Waals surface area contributed by atoms with E-state index in [9.17, 15) is 0 Å². The normalized spacial score (nSPS) is 37.4. The highest BCUT2D eigenvalue weighted by Crippen LogP contribution is 2.32. The van der Waals surface area contributed by atoms with E-state index in [1.165, 1.54) is 64.5 Å². The van der Waals surface area contributed by atoms with E-state index in [1.54, 1.807) is 0 Å². The van der Waals surface area contributed by atoms with Crippen molar-refractivity contribution in [3.8, 4) is 0 Å². The molecule has 0 bridgehead atoms. The SMILES string of the molecule is CCCNC1CCC(C)CC1N1CCCCC1CC. The first-order valence-corrected chi connectivity index (χ1v) is 8.75. The van der Waals surface area contributed by atoms with Crippen molar-refractivity contribution in [2.24, 2.45) is 5.92 Å². The van der Waals surface area contributed by atoms with Crippen molar-refractivity contribution < 1.29 is 0 Å². The lowest BCUT2D eigenvalue weighted by Gasteiger charge is -2.47. The fraction of sp³-hybridized carbons (Fsp3) is 1.00. The van der Waals surface area contributed by atoms with Crippen molar-refractivity contribution >= 4 is 0 Å². The summed E-state index contributed by atoms with van der Waals surface area (Å²) < 4.78 is 0. The van der Waals surface area contributed by atoms with Crippen LogP contribution in [0.5, 0.6) is 0 Å². The highest BCUT2D eigenvalue weighted by atomic mass is 15.2. The van der Waals surface area contributed by atoms with Crippen LogP contribution < -0.4 is 5.32 Å². The van der Waals surface area contributed by atoms with E-state index in [1.807, 2.05) is 0 Å². The summed E-state index contributed by atoms with van der Waals surface area (Å²) in [6.45, 7) is 9.65. The van der Waals surface area contributed by atoms with Crippen molar-refractivity contribution in [1.29, 1.82) is 0 Å². The van der Waals surface area contributed by atoms with Crippen LogP contribution in [-0.4, -0.2) is 36.1 Å². The maximum Gasteiger partial charge on any atom is 0.0254 e. The Morgan fingerprint density at radius 1 is 1.11 bits per heavy atom. The zero-order valence-corrected chi connectivity index (χ0v) is 13.3. The standard InChI is InChI=1S/C17H34N2/c1-4-11-18-16-10-9-14(3)13-17(16)19-12-7-6-8-15(19)5-2/h14-18H,4-13H2,1-3H3. The van der Waals surface area contributed by atoms with Crippen LogP contribution in [0.1, 0.15) is 72.1 Å². The molecule has 1 saturated heterocycles. The Bertz CT molecular complexity index is 252. The Balaban J connectivity index is 2.02. The minimum absolute atomic E-state index is 0.753. The van der Waals surface area contributed by atoms with Gasteiger partial charge in [0.2, 0.25) is 0 Å². The van der Waals surface area contributed by atoms with Crippen LogP contribution in [0.15, 0.2) is 0 Å². The van der Waals surface area contributed by atoms with E-state index in [4.69, 9.17) is 0 Å². The fourth-order valence-electron chi connectivity index (χ4n) is 4.18. The fourth-order valence-corrected chi connectivity index (χ4v) is 4.18. The van der Waals surface area contributed by atoms with Gasteiger partial charge in [-0.15, -0.1) is 0 Å². The molecule has 2 aliphatic rings. The molecule has 2 heteroatoms. The lowest BCUT2D eigenvalue weighted by atomic mass is 9.80. The van der Waals surface area contributed by atoms with E-state index in [0.29, 0.717) is 0 Å². The van der Waals surface area contributed by atoms with E-state index in [2.05, 4.69) is 31.0 Å². The summed E-state index contributed by atoms with van der Waals surface area (Å²) in [6.07, 6.45) is 11.1. The molecule has 4 atom stereocenters. The second-order valence-electron chi connectivity index (χ2n) is 6.84. The van der Waals surface area contributed by atoms with E-state index >= 15 is 0 Å². The van der Waals surface area contributed by atoms with Gasteiger partial charge in [0.1, 0.15) is 0 Å². The van der Waals surface area contributed by atoms with Gasteiger partial charge in [-0.05, 0) is 64.0 Å². The smallest absolute Gasteiger partial charge is 0.0254 e. The number of rotatable bonds is 5. The van der Waals surface area contributed by atoms with E-state index < -0.39 is 0 Å². The average Bonchev–Trinajstić information content (AvgIpc) is 2.46. The predicted octanol–water partition coefficient (Wildman–Crippen LogP) is 3.81. The third-order valence-electron chi connectivity index (χ3n) is 5.31. The molecule has 19 heavy (non-hydrogen) atoms. The number of likely N-dealkylation sites (tertiary alicyclic amines) is 1. The third-order valence-corrected chi connectivity index (χ3v) is 5.31. The molecule has 1 heterocycles. The lowest BCUT2D eigenvalue weighted by molar-refractivity contribution is 0.0379. The molecule has 112 valence electrons. The molecule has 4 unspecified atom stereocenters. The molecule has 0 spiro atoms. The Morgan fingerprint density at radius 3 is 2.68 bits per heavy atom. The highest BCUT2D eigenvalue weighted by Gasteiger charge is 2.36. The largest absolute Gasteiger partial charge is 0.312 e. The molecule has 0 aromatic heterocycles. The van der Waals surface area contributed by atoms with Crippen LogP contribution in [0.4, 0.5) is 0 Å². The van der Waals surface area contributed by atoms with Crippen LogP contribution in [0.25, 0.3) is 0 Å². The van der Waals surface area contributed by atoms with Gasteiger partial charge in [0.15, 0.2) is 0 Å². The van der Waals surface area contributed by atoms with Crippen molar-refractivity contribution in [3.05, 3.63) is 0 Å². The number of hydrogen-bond acceptors (Lipinski definition) is 2. The van der Waals surface area contributed by atoms with Gasteiger partial charge in [-0.2, -0.15) is 0 Å². The molecule has 2 rings (SSSR count). The van der Waals surface area contributed by atoms with Crippen LogP contribution in [0, 0.1) is 5.92 Å². The van der Waals surface area contributed by atoms with Gasteiger partial charge in [0.05, 0.1) is 0 Å². The monoisotopic (exact) mass is 266 g/mol. The van der Waals surface area contributed by atoms with Crippen LogP contribution in [0.3, 0.4) is 0 Å². The Morgan fingerprint density at radius 2 is 1.95 bits per heavy atom. The molecule has 1 N–H and O–H groups in total. The van der Waals surface area contributed by atoms with E-state index in [-0.39, 0.29) is 0 Å². The maximum atomic E-state index is 3.84. The zero-order chi connectivity index (χ0) is 13.7. The molecule has 1 saturated carbocycles. The molecular formula is C17H34N2. The Kier molecular flexibility index (Phi) is 6.15. The quantitative estimate of drug-likeness (QED) is 0.814. The molecule has 2 nitrogen and oxygen atoms in total. The van der Waals surface area contributed by atoms with Gasteiger partial charge < -0.3 is 5.32 Å². The first kappa shape index (κ1) is 15.3. The highest BCUT2D eigenvalue weighted by molar-refractivity contribution is 4.93. The van der Waals surface area contributed by atoms with Gasteiger partial charge >= 0.3 is 0 Å². The molecule has 0 aromatic rings. The van der Waals surface area contributed by atoms with Crippen LogP contribution >= 0.6 is 0 Å². The third kappa shape index (κ3) is 3.95. The Hall–Kier alpha value is -0.0800. The average molecular weight is 266 g/mol. The first-order valence-electron chi connectivity index (χ1n) is 8.75. The van der Waals surface area contributed by atoms with Gasteiger partial charge in [0, 0.05) is 18.1 Å². The number of nitrogens with one attached hydrogen (secondary N) is 1. The predicted molar refractivity (Wildman–Crippen MR) is 83.5 cm³/mol.